The first kappa shape index (κ1) is 16.8. The SMILES string of the molecule is CNC(=O)CN(C)C(=O)/C=C/c1csc(-c2ccc(F)cc2)n1. The molecule has 7 heteroatoms. The zero-order valence-electron chi connectivity index (χ0n) is 12.7. The number of aromatic nitrogens is 1. The first-order chi connectivity index (χ1) is 11.0. The highest BCUT2D eigenvalue weighted by atomic mass is 32.1. The molecule has 0 saturated heterocycles. The lowest BCUT2D eigenvalue weighted by molar-refractivity contribution is -0.130. The third-order valence-corrected chi connectivity index (χ3v) is 3.96. The van der Waals surface area contributed by atoms with E-state index in [9.17, 15) is 14.0 Å². The van der Waals surface area contributed by atoms with Gasteiger partial charge in [0, 0.05) is 31.1 Å². The molecule has 0 saturated carbocycles. The van der Waals surface area contributed by atoms with E-state index in [1.165, 1.54) is 41.5 Å². The Bertz CT molecular complexity index is 725. The molecule has 0 radical (unpaired) electrons. The molecule has 0 unspecified atom stereocenters. The molecule has 2 amide bonds. The van der Waals surface area contributed by atoms with Crippen LogP contribution in [0.1, 0.15) is 5.69 Å². The van der Waals surface area contributed by atoms with Crippen molar-refractivity contribution in [2.75, 3.05) is 20.6 Å². The lowest BCUT2D eigenvalue weighted by atomic mass is 10.2. The lowest BCUT2D eigenvalue weighted by Gasteiger charge is -2.13. The quantitative estimate of drug-likeness (QED) is 0.853. The number of rotatable bonds is 5. The monoisotopic (exact) mass is 333 g/mol. The van der Waals surface area contributed by atoms with E-state index in [1.807, 2.05) is 0 Å². The highest BCUT2D eigenvalue weighted by Gasteiger charge is 2.09. The van der Waals surface area contributed by atoms with Crippen molar-refractivity contribution >= 4 is 29.2 Å². The van der Waals surface area contributed by atoms with Crippen molar-refractivity contribution in [1.29, 1.82) is 0 Å². The van der Waals surface area contributed by atoms with Gasteiger partial charge in [-0.2, -0.15) is 0 Å². The Morgan fingerprint density at radius 1 is 1.35 bits per heavy atom. The number of thiazole rings is 1. The summed E-state index contributed by atoms with van der Waals surface area (Å²) in [4.78, 5) is 28.8. The molecular weight excluding hydrogens is 317 g/mol. The normalized spacial score (nSPS) is 10.7. The summed E-state index contributed by atoms with van der Waals surface area (Å²) in [6.07, 6.45) is 2.96. The number of hydrogen-bond acceptors (Lipinski definition) is 4. The summed E-state index contributed by atoms with van der Waals surface area (Å²) < 4.78 is 12.9. The molecule has 120 valence electrons. The fourth-order valence-electron chi connectivity index (χ4n) is 1.74. The zero-order valence-corrected chi connectivity index (χ0v) is 13.6. The van der Waals surface area contributed by atoms with E-state index in [4.69, 9.17) is 0 Å². The Labute approximate surface area is 137 Å². The maximum atomic E-state index is 12.9. The van der Waals surface area contributed by atoms with Gasteiger partial charge in [0.2, 0.25) is 11.8 Å². The van der Waals surface area contributed by atoms with Crippen LogP contribution in [0.25, 0.3) is 16.6 Å². The van der Waals surface area contributed by atoms with Crippen molar-refractivity contribution in [3.8, 4) is 10.6 Å². The molecule has 1 heterocycles. The van der Waals surface area contributed by atoms with Crippen LogP contribution in [0.4, 0.5) is 4.39 Å². The van der Waals surface area contributed by atoms with Crippen LogP contribution in [-0.2, 0) is 9.59 Å². The van der Waals surface area contributed by atoms with Gasteiger partial charge in [0.05, 0.1) is 12.2 Å². The fourth-order valence-corrected chi connectivity index (χ4v) is 2.54. The van der Waals surface area contributed by atoms with Gasteiger partial charge in [-0.3, -0.25) is 9.59 Å². The number of carbonyl (C=O) groups excluding carboxylic acids is 2. The molecule has 2 rings (SSSR count). The molecule has 23 heavy (non-hydrogen) atoms. The summed E-state index contributed by atoms with van der Waals surface area (Å²) in [5.74, 6) is -0.818. The second-order valence-electron chi connectivity index (χ2n) is 4.79. The van der Waals surface area contributed by atoms with E-state index in [0.29, 0.717) is 5.69 Å². The average molecular weight is 333 g/mol. The van der Waals surface area contributed by atoms with Gasteiger partial charge in [-0.15, -0.1) is 11.3 Å². The molecule has 0 fully saturated rings. The summed E-state index contributed by atoms with van der Waals surface area (Å²) in [5, 5.41) is 5.01. The Kier molecular flexibility index (Phi) is 5.59. The number of likely N-dealkylation sites (N-methyl/N-ethyl adjacent to an activating group) is 2. The molecule has 0 atom stereocenters. The summed E-state index contributed by atoms with van der Waals surface area (Å²) >= 11 is 1.41. The van der Waals surface area contributed by atoms with Crippen LogP contribution < -0.4 is 5.32 Å². The Balaban J connectivity index is 2.02. The molecule has 0 aliphatic heterocycles. The largest absolute Gasteiger partial charge is 0.358 e. The predicted molar refractivity (Wildman–Crippen MR) is 88.2 cm³/mol. The first-order valence-corrected chi connectivity index (χ1v) is 7.73. The molecule has 1 aromatic carbocycles. The minimum Gasteiger partial charge on any atom is -0.358 e. The minimum absolute atomic E-state index is 0.00241. The van der Waals surface area contributed by atoms with Crippen molar-refractivity contribution < 1.29 is 14.0 Å². The van der Waals surface area contributed by atoms with Crippen molar-refractivity contribution in [3.05, 3.63) is 47.2 Å². The van der Waals surface area contributed by atoms with Gasteiger partial charge < -0.3 is 10.2 Å². The molecule has 1 aromatic heterocycles. The second-order valence-corrected chi connectivity index (χ2v) is 5.64. The topological polar surface area (TPSA) is 62.3 Å². The van der Waals surface area contributed by atoms with Crippen molar-refractivity contribution in [2.45, 2.75) is 0 Å². The van der Waals surface area contributed by atoms with E-state index in [0.717, 1.165) is 10.6 Å². The van der Waals surface area contributed by atoms with Crippen LogP contribution in [0.2, 0.25) is 0 Å². The Morgan fingerprint density at radius 2 is 2.04 bits per heavy atom. The summed E-state index contributed by atoms with van der Waals surface area (Å²) in [5.41, 5.74) is 1.45. The van der Waals surface area contributed by atoms with Crippen molar-refractivity contribution in [3.63, 3.8) is 0 Å². The third-order valence-electron chi connectivity index (χ3n) is 3.05. The number of carbonyl (C=O) groups is 2. The van der Waals surface area contributed by atoms with E-state index >= 15 is 0 Å². The van der Waals surface area contributed by atoms with Crippen LogP contribution in [0.15, 0.2) is 35.7 Å². The van der Waals surface area contributed by atoms with Gasteiger partial charge in [-0.25, -0.2) is 9.37 Å². The lowest BCUT2D eigenvalue weighted by Crippen LogP contribution is -2.35. The smallest absolute Gasteiger partial charge is 0.246 e. The number of amides is 2. The predicted octanol–water partition coefficient (Wildman–Crippen LogP) is 2.17. The van der Waals surface area contributed by atoms with Gasteiger partial charge in [-0.05, 0) is 30.3 Å². The summed E-state index contributed by atoms with van der Waals surface area (Å²) in [7, 11) is 3.07. The minimum atomic E-state index is -0.296. The van der Waals surface area contributed by atoms with Crippen LogP contribution in [0.5, 0.6) is 0 Å². The molecule has 2 aromatic rings. The number of hydrogen-bond donors (Lipinski definition) is 1. The van der Waals surface area contributed by atoms with Crippen molar-refractivity contribution in [2.24, 2.45) is 0 Å². The molecule has 0 aliphatic rings. The highest BCUT2D eigenvalue weighted by molar-refractivity contribution is 7.13. The molecule has 5 nitrogen and oxygen atoms in total. The average Bonchev–Trinajstić information content (AvgIpc) is 3.02. The van der Waals surface area contributed by atoms with E-state index in [1.54, 1.807) is 30.6 Å². The Hall–Kier alpha value is -2.54. The van der Waals surface area contributed by atoms with Crippen LogP contribution in [0.3, 0.4) is 0 Å². The number of benzene rings is 1. The number of nitrogens with zero attached hydrogens (tertiary/aromatic N) is 2. The summed E-state index contributed by atoms with van der Waals surface area (Å²) in [6, 6.07) is 6.07. The van der Waals surface area contributed by atoms with Gasteiger partial charge in [-0.1, -0.05) is 0 Å². The van der Waals surface area contributed by atoms with Crippen molar-refractivity contribution in [1.82, 2.24) is 15.2 Å². The van der Waals surface area contributed by atoms with Crippen LogP contribution >= 0.6 is 11.3 Å². The van der Waals surface area contributed by atoms with E-state index < -0.39 is 0 Å². The second kappa shape index (κ2) is 7.64. The number of halogens is 1. The molecule has 0 aliphatic carbocycles. The summed E-state index contributed by atoms with van der Waals surface area (Å²) in [6.45, 7) is -0.00241. The van der Waals surface area contributed by atoms with Gasteiger partial charge >= 0.3 is 0 Å². The van der Waals surface area contributed by atoms with E-state index in [-0.39, 0.29) is 24.2 Å². The molecule has 0 bridgehead atoms. The molecule has 0 spiro atoms. The van der Waals surface area contributed by atoms with Gasteiger partial charge in [0.1, 0.15) is 10.8 Å². The maximum absolute atomic E-state index is 12.9. The molecule has 1 N–H and O–H groups in total. The number of nitrogens with one attached hydrogen (secondary N) is 1. The zero-order chi connectivity index (χ0) is 16.8. The standard InChI is InChI=1S/C16H16FN3O2S/c1-18-14(21)9-20(2)15(22)8-7-13-10-23-16(19-13)11-3-5-12(17)6-4-11/h3-8,10H,9H2,1-2H3,(H,18,21)/b8-7+. The van der Waals surface area contributed by atoms with Gasteiger partial charge in [0.25, 0.3) is 0 Å². The highest BCUT2D eigenvalue weighted by Crippen LogP contribution is 2.24. The van der Waals surface area contributed by atoms with E-state index in [2.05, 4.69) is 10.3 Å². The van der Waals surface area contributed by atoms with Crippen LogP contribution in [-0.4, -0.2) is 42.3 Å². The Morgan fingerprint density at radius 3 is 2.70 bits per heavy atom. The van der Waals surface area contributed by atoms with Crippen LogP contribution in [0, 0.1) is 5.82 Å². The molecular formula is C16H16FN3O2S. The first-order valence-electron chi connectivity index (χ1n) is 6.85. The van der Waals surface area contributed by atoms with Gasteiger partial charge in [0.15, 0.2) is 0 Å². The maximum Gasteiger partial charge on any atom is 0.246 e. The third kappa shape index (κ3) is 4.72. The fraction of sp³-hybridized carbons (Fsp3) is 0.188.